The number of hydrogen-bond acceptors (Lipinski definition) is 4. The maximum absolute atomic E-state index is 11.3. The molecule has 4 N–H and O–H groups in total. The van der Waals surface area contributed by atoms with Gasteiger partial charge in [-0.2, -0.15) is 0 Å². The van der Waals surface area contributed by atoms with Crippen molar-refractivity contribution in [3.63, 3.8) is 0 Å². The second kappa shape index (κ2) is 6.63. The molecule has 6 nitrogen and oxygen atoms in total. The van der Waals surface area contributed by atoms with Crippen LogP contribution in [-0.2, 0) is 9.59 Å². The zero-order valence-electron chi connectivity index (χ0n) is 10.4. The molecular formula is C11H19N3O3S. The van der Waals surface area contributed by atoms with Crippen molar-refractivity contribution in [3.8, 4) is 0 Å². The molecule has 1 rings (SSSR count). The molecule has 0 aromatic rings. The molecule has 0 aliphatic carbocycles. The molecule has 1 heterocycles. The summed E-state index contributed by atoms with van der Waals surface area (Å²) in [6.45, 7) is 2.63. The van der Waals surface area contributed by atoms with Crippen LogP contribution >= 0.6 is 11.8 Å². The number of hydrogen-bond donors (Lipinski definition) is 3. The van der Waals surface area contributed by atoms with Gasteiger partial charge in [0.2, 0.25) is 0 Å². The highest BCUT2D eigenvalue weighted by atomic mass is 32.2. The van der Waals surface area contributed by atoms with E-state index < -0.39 is 11.9 Å². The monoisotopic (exact) mass is 273 g/mol. The number of piperidine rings is 1. The molecule has 1 fully saturated rings. The van der Waals surface area contributed by atoms with Crippen molar-refractivity contribution < 1.29 is 14.7 Å². The number of nitrogens with zero attached hydrogens (tertiary/aromatic N) is 1. The molecular weight excluding hydrogens is 254 g/mol. The fourth-order valence-electron chi connectivity index (χ4n) is 2.17. The van der Waals surface area contributed by atoms with E-state index in [1.807, 2.05) is 0 Å². The van der Waals surface area contributed by atoms with Gasteiger partial charge in [-0.05, 0) is 18.8 Å². The van der Waals surface area contributed by atoms with Crippen molar-refractivity contribution in [2.75, 3.05) is 18.8 Å². The quantitative estimate of drug-likeness (QED) is 0.510. The van der Waals surface area contributed by atoms with Crippen LogP contribution in [0, 0.1) is 17.2 Å². The van der Waals surface area contributed by atoms with Crippen molar-refractivity contribution in [3.05, 3.63) is 0 Å². The number of rotatable bonds is 4. The predicted molar refractivity (Wildman–Crippen MR) is 70.5 cm³/mol. The van der Waals surface area contributed by atoms with Crippen LogP contribution in [0.1, 0.15) is 19.8 Å². The number of carbonyl (C=O) groups is 2. The number of aliphatic carboxylic acids is 1. The van der Waals surface area contributed by atoms with E-state index in [0.29, 0.717) is 18.8 Å². The number of carboxylic acid groups (broad SMARTS) is 1. The third-order valence-corrected chi connectivity index (χ3v) is 4.08. The standard InChI is InChI=1S/C11H19N3O3S/c1-7(15)18-6-9(10(16)17)8-3-2-4-14(5-8)11(12)13/h8-9H,2-6H2,1H3,(H3,12,13)(H,16,17). The molecule has 0 bridgehead atoms. The lowest BCUT2D eigenvalue weighted by molar-refractivity contribution is -0.143. The summed E-state index contributed by atoms with van der Waals surface area (Å²) in [5.41, 5.74) is 5.43. The second-order valence-electron chi connectivity index (χ2n) is 4.48. The first kappa shape index (κ1) is 14.8. The van der Waals surface area contributed by atoms with Gasteiger partial charge in [0.25, 0.3) is 0 Å². The molecule has 18 heavy (non-hydrogen) atoms. The molecule has 0 amide bonds. The minimum absolute atomic E-state index is 0.0111. The normalized spacial score (nSPS) is 21.4. The van der Waals surface area contributed by atoms with Crippen LogP contribution in [0.15, 0.2) is 0 Å². The van der Waals surface area contributed by atoms with Crippen molar-refractivity contribution >= 4 is 28.8 Å². The average molecular weight is 273 g/mol. The van der Waals surface area contributed by atoms with E-state index in [9.17, 15) is 14.7 Å². The average Bonchev–Trinajstić information content (AvgIpc) is 2.28. The van der Waals surface area contributed by atoms with Gasteiger partial charge in [0.1, 0.15) is 0 Å². The number of carboxylic acids is 1. The molecule has 1 saturated heterocycles. The Morgan fingerprint density at radius 1 is 1.61 bits per heavy atom. The first-order valence-corrected chi connectivity index (χ1v) is 6.85. The highest BCUT2D eigenvalue weighted by Gasteiger charge is 2.32. The number of likely N-dealkylation sites (tertiary alicyclic amines) is 1. The van der Waals surface area contributed by atoms with E-state index in [0.717, 1.165) is 24.6 Å². The molecule has 2 atom stereocenters. The minimum Gasteiger partial charge on any atom is -0.481 e. The van der Waals surface area contributed by atoms with Gasteiger partial charge in [0.15, 0.2) is 11.1 Å². The summed E-state index contributed by atoms with van der Waals surface area (Å²) in [6, 6.07) is 0. The first-order valence-electron chi connectivity index (χ1n) is 5.87. The predicted octanol–water partition coefficient (Wildman–Crippen LogP) is 0.572. The van der Waals surface area contributed by atoms with Crippen LogP contribution in [-0.4, -0.2) is 45.9 Å². The third kappa shape index (κ3) is 4.21. The van der Waals surface area contributed by atoms with Gasteiger partial charge < -0.3 is 15.7 Å². The number of guanidine groups is 1. The van der Waals surface area contributed by atoms with Gasteiger partial charge in [-0.3, -0.25) is 15.0 Å². The zero-order chi connectivity index (χ0) is 13.7. The Morgan fingerprint density at radius 2 is 2.28 bits per heavy atom. The van der Waals surface area contributed by atoms with Gasteiger partial charge in [0, 0.05) is 25.8 Å². The van der Waals surface area contributed by atoms with E-state index in [-0.39, 0.29) is 17.0 Å². The summed E-state index contributed by atoms with van der Waals surface area (Å²) in [5.74, 6) is -1.20. The molecule has 0 saturated carbocycles. The fraction of sp³-hybridized carbons (Fsp3) is 0.727. The molecule has 7 heteroatoms. The van der Waals surface area contributed by atoms with Crippen molar-refractivity contribution in [1.29, 1.82) is 5.41 Å². The lowest BCUT2D eigenvalue weighted by Gasteiger charge is -2.35. The Labute approximate surface area is 110 Å². The molecule has 0 aromatic heterocycles. The van der Waals surface area contributed by atoms with Crippen LogP contribution in [0.3, 0.4) is 0 Å². The molecule has 0 spiro atoms. The summed E-state index contributed by atoms with van der Waals surface area (Å²) in [7, 11) is 0. The summed E-state index contributed by atoms with van der Waals surface area (Å²) < 4.78 is 0. The van der Waals surface area contributed by atoms with Crippen LogP contribution in [0.2, 0.25) is 0 Å². The van der Waals surface area contributed by atoms with Gasteiger partial charge in [-0.1, -0.05) is 11.8 Å². The van der Waals surface area contributed by atoms with E-state index in [1.54, 1.807) is 4.90 Å². The largest absolute Gasteiger partial charge is 0.481 e. The van der Waals surface area contributed by atoms with Crippen LogP contribution < -0.4 is 5.73 Å². The van der Waals surface area contributed by atoms with Crippen molar-refractivity contribution in [2.24, 2.45) is 17.6 Å². The van der Waals surface area contributed by atoms with Gasteiger partial charge in [-0.25, -0.2) is 0 Å². The number of thioether (sulfide) groups is 1. The van der Waals surface area contributed by atoms with Gasteiger partial charge in [-0.15, -0.1) is 0 Å². The summed E-state index contributed by atoms with van der Waals surface area (Å²) >= 11 is 1.05. The summed E-state index contributed by atoms with van der Waals surface area (Å²) in [4.78, 5) is 23.9. The molecule has 0 aromatic carbocycles. The highest BCUT2D eigenvalue weighted by Crippen LogP contribution is 2.27. The minimum atomic E-state index is -0.876. The highest BCUT2D eigenvalue weighted by molar-refractivity contribution is 8.13. The Kier molecular flexibility index (Phi) is 5.46. The van der Waals surface area contributed by atoms with E-state index in [1.165, 1.54) is 6.92 Å². The topological polar surface area (TPSA) is 107 Å². The van der Waals surface area contributed by atoms with Crippen LogP contribution in [0.5, 0.6) is 0 Å². The fourth-order valence-corrected chi connectivity index (χ4v) is 3.00. The third-order valence-electron chi connectivity index (χ3n) is 3.15. The SMILES string of the molecule is CC(=O)SCC(C(=O)O)C1CCCN(C(=N)N)C1. The Hall–Kier alpha value is -1.24. The maximum Gasteiger partial charge on any atom is 0.307 e. The second-order valence-corrected chi connectivity index (χ2v) is 5.68. The Morgan fingerprint density at radius 3 is 2.78 bits per heavy atom. The molecule has 2 unspecified atom stereocenters. The first-order chi connectivity index (χ1) is 8.41. The van der Waals surface area contributed by atoms with Crippen molar-refractivity contribution in [2.45, 2.75) is 19.8 Å². The molecule has 0 radical (unpaired) electrons. The smallest absolute Gasteiger partial charge is 0.307 e. The molecule has 1 aliphatic heterocycles. The van der Waals surface area contributed by atoms with Crippen molar-refractivity contribution in [1.82, 2.24) is 4.90 Å². The zero-order valence-corrected chi connectivity index (χ0v) is 11.2. The molecule has 1 aliphatic rings. The number of nitrogens with two attached hydrogens (primary N) is 1. The molecule has 102 valence electrons. The Balaban J connectivity index is 2.64. The number of carbonyl (C=O) groups excluding carboxylic acids is 1. The number of nitrogens with one attached hydrogen (secondary N) is 1. The van der Waals surface area contributed by atoms with E-state index >= 15 is 0 Å². The van der Waals surface area contributed by atoms with Gasteiger partial charge in [0.05, 0.1) is 5.92 Å². The maximum atomic E-state index is 11.3. The van der Waals surface area contributed by atoms with Crippen LogP contribution in [0.25, 0.3) is 0 Å². The summed E-state index contributed by atoms with van der Waals surface area (Å²) in [6.07, 6.45) is 1.64. The van der Waals surface area contributed by atoms with E-state index in [2.05, 4.69) is 0 Å². The van der Waals surface area contributed by atoms with Crippen LogP contribution in [0.4, 0.5) is 0 Å². The lowest BCUT2D eigenvalue weighted by atomic mass is 9.86. The lowest BCUT2D eigenvalue weighted by Crippen LogP contribution is -2.46. The van der Waals surface area contributed by atoms with Gasteiger partial charge >= 0.3 is 5.97 Å². The Bertz CT molecular complexity index is 348. The van der Waals surface area contributed by atoms with E-state index in [4.69, 9.17) is 11.1 Å². The summed E-state index contributed by atoms with van der Waals surface area (Å²) in [5, 5.41) is 16.6.